The Balaban J connectivity index is 1.70. The Labute approximate surface area is 224 Å². The minimum Gasteiger partial charge on any atom is -0.493 e. The van der Waals surface area contributed by atoms with Gasteiger partial charge in [-0.15, -0.1) is 0 Å². The summed E-state index contributed by atoms with van der Waals surface area (Å²) in [6, 6.07) is 4.80. The van der Waals surface area contributed by atoms with Crippen molar-refractivity contribution in [3.8, 4) is 17.1 Å². The molecule has 0 unspecified atom stereocenters. The standard InChI is InChI=1S/C27H39N5O5S/c1-4-8-20-19-30(3)25-24(20)28-26(29-27(25)34)22-18-21(9-10-23(22)37-17-5-2)38(35,36)32-14-12-31(13-15-32)11-6-7-16-33/h9-10,18-19,33H,4-8,11-17H2,1-3H3,(H,28,29,34). The lowest BCUT2D eigenvalue weighted by atomic mass is 10.1. The number of aromatic amines is 1. The van der Waals surface area contributed by atoms with Crippen LogP contribution in [0.1, 0.15) is 45.1 Å². The number of hydrogen-bond acceptors (Lipinski definition) is 7. The third-order valence-corrected chi connectivity index (χ3v) is 8.83. The predicted octanol–water partition coefficient (Wildman–Crippen LogP) is 2.75. The number of unbranched alkanes of at least 4 members (excludes halogenated alkanes) is 1. The van der Waals surface area contributed by atoms with E-state index in [1.165, 1.54) is 4.31 Å². The van der Waals surface area contributed by atoms with Gasteiger partial charge in [-0.25, -0.2) is 13.4 Å². The van der Waals surface area contributed by atoms with Crippen molar-refractivity contribution in [2.75, 3.05) is 45.9 Å². The Kier molecular flexibility index (Phi) is 9.24. The fourth-order valence-electron chi connectivity index (χ4n) is 4.94. The lowest BCUT2D eigenvalue weighted by Crippen LogP contribution is -2.48. The maximum atomic E-state index is 13.6. The second kappa shape index (κ2) is 12.4. The molecule has 38 heavy (non-hydrogen) atoms. The van der Waals surface area contributed by atoms with Gasteiger partial charge in [0.05, 0.1) is 22.6 Å². The lowest BCUT2D eigenvalue weighted by Gasteiger charge is -2.34. The van der Waals surface area contributed by atoms with Crippen molar-refractivity contribution < 1.29 is 18.3 Å². The van der Waals surface area contributed by atoms with E-state index in [4.69, 9.17) is 14.8 Å². The highest BCUT2D eigenvalue weighted by Crippen LogP contribution is 2.32. The zero-order valence-electron chi connectivity index (χ0n) is 22.6. The lowest BCUT2D eigenvalue weighted by molar-refractivity contribution is 0.180. The van der Waals surface area contributed by atoms with Gasteiger partial charge in [0, 0.05) is 46.0 Å². The second-order valence-electron chi connectivity index (χ2n) is 9.81. The van der Waals surface area contributed by atoms with E-state index in [1.54, 1.807) is 22.8 Å². The summed E-state index contributed by atoms with van der Waals surface area (Å²) in [7, 11) is -1.93. The molecular formula is C27H39N5O5S. The summed E-state index contributed by atoms with van der Waals surface area (Å²) in [6.45, 7) is 7.64. The van der Waals surface area contributed by atoms with Crippen LogP contribution in [-0.4, -0.2) is 83.2 Å². The van der Waals surface area contributed by atoms with E-state index in [1.807, 2.05) is 20.2 Å². The molecular weight excluding hydrogens is 506 g/mol. The minimum atomic E-state index is -3.76. The number of hydrogen-bond donors (Lipinski definition) is 2. The molecule has 0 amide bonds. The maximum Gasteiger partial charge on any atom is 0.275 e. The van der Waals surface area contributed by atoms with Gasteiger partial charge in [0.2, 0.25) is 10.0 Å². The molecule has 0 atom stereocenters. The predicted molar refractivity (Wildman–Crippen MR) is 148 cm³/mol. The summed E-state index contributed by atoms with van der Waals surface area (Å²) in [5.74, 6) is 0.776. The summed E-state index contributed by atoms with van der Waals surface area (Å²) >= 11 is 0. The summed E-state index contributed by atoms with van der Waals surface area (Å²) in [5.41, 5.74) is 2.28. The molecule has 0 aliphatic carbocycles. The van der Waals surface area contributed by atoms with Crippen LogP contribution in [-0.2, 0) is 23.5 Å². The first-order valence-electron chi connectivity index (χ1n) is 13.5. The van der Waals surface area contributed by atoms with Crippen LogP contribution in [0.5, 0.6) is 5.75 Å². The van der Waals surface area contributed by atoms with Crippen molar-refractivity contribution >= 4 is 21.1 Å². The molecule has 1 saturated heterocycles. The molecule has 3 heterocycles. The molecule has 208 valence electrons. The van der Waals surface area contributed by atoms with E-state index in [0.717, 1.165) is 44.2 Å². The number of nitrogens with zero attached hydrogens (tertiary/aromatic N) is 4. The number of piperazine rings is 1. The summed E-state index contributed by atoms with van der Waals surface area (Å²) in [5, 5.41) is 9.01. The van der Waals surface area contributed by atoms with E-state index in [0.29, 0.717) is 61.0 Å². The van der Waals surface area contributed by atoms with E-state index < -0.39 is 10.0 Å². The van der Waals surface area contributed by atoms with Gasteiger partial charge >= 0.3 is 0 Å². The normalized spacial score (nSPS) is 15.4. The van der Waals surface area contributed by atoms with Crippen LogP contribution in [0.3, 0.4) is 0 Å². The van der Waals surface area contributed by atoms with Gasteiger partial charge in [0.25, 0.3) is 5.56 Å². The topological polar surface area (TPSA) is 121 Å². The monoisotopic (exact) mass is 545 g/mol. The van der Waals surface area contributed by atoms with Gasteiger partial charge in [-0.2, -0.15) is 4.31 Å². The fourth-order valence-corrected chi connectivity index (χ4v) is 6.39. The summed E-state index contributed by atoms with van der Waals surface area (Å²) < 4.78 is 36.5. The number of aliphatic hydroxyl groups is 1. The van der Waals surface area contributed by atoms with E-state index in [9.17, 15) is 13.2 Å². The van der Waals surface area contributed by atoms with Gasteiger partial charge in [0.1, 0.15) is 17.1 Å². The Bertz CT molecular complexity index is 1410. The third kappa shape index (κ3) is 5.96. The molecule has 10 nitrogen and oxygen atoms in total. The largest absolute Gasteiger partial charge is 0.493 e. The molecule has 0 saturated carbocycles. The summed E-state index contributed by atoms with van der Waals surface area (Å²) in [4.78, 5) is 23.1. The maximum absolute atomic E-state index is 13.6. The van der Waals surface area contributed by atoms with Crippen LogP contribution in [0.15, 0.2) is 34.1 Å². The Hall–Kier alpha value is -2.73. The highest BCUT2D eigenvalue weighted by molar-refractivity contribution is 7.89. The first kappa shape index (κ1) is 28.3. The SMILES string of the molecule is CCCOc1ccc(S(=O)(=O)N2CCN(CCCCO)CC2)cc1-c1nc2c(CCC)cn(C)c2c(=O)[nH]1. The van der Waals surface area contributed by atoms with Gasteiger partial charge in [-0.1, -0.05) is 20.3 Å². The molecule has 1 aromatic carbocycles. The molecule has 1 aliphatic heterocycles. The van der Waals surface area contributed by atoms with Crippen molar-refractivity contribution in [3.63, 3.8) is 0 Å². The number of rotatable bonds is 12. The number of benzene rings is 1. The van der Waals surface area contributed by atoms with Crippen molar-refractivity contribution in [1.29, 1.82) is 0 Å². The number of nitrogens with one attached hydrogen (secondary N) is 1. The molecule has 0 bridgehead atoms. The highest BCUT2D eigenvalue weighted by Gasteiger charge is 2.29. The van der Waals surface area contributed by atoms with Gasteiger partial charge in [-0.05, 0) is 56.0 Å². The number of H-pyrrole nitrogens is 1. The van der Waals surface area contributed by atoms with Crippen molar-refractivity contribution in [1.82, 2.24) is 23.7 Å². The van der Waals surface area contributed by atoms with Crippen LogP contribution in [0.25, 0.3) is 22.4 Å². The van der Waals surface area contributed by atoms with Crippen LogP contribution in [0.2, 0.25) is 0 Å². The second-order valence-corrected chi connectivity index (χ2v) is 11.7. The molecule has 1 fully saturated rings. The quantitative estimate of drug-likeness (QED) is 0.336. The van der Waals surface area contributed by atoms with Crippen molar-refractivity contribution in [2.45, 2.75) is 50.8 Å². The summed E-state index contributed by atoms with van der Waals surface area (Å²) in [6.07, 6.45) is 6.05. The van der Waals surface area contributed by atoms with Gasteiger partial charge in [-0.3, -0.25) is 4.79 Å². The molecule has 4 rings (SSSR count). The molecule has 0 radical (unpaired) electrons. The molecule has 1 aliphatic rings. The molecule has 3 aromatic rings. The number of sulfonamides is 1. The van der Waals surface area contributed by atoms with E-state index in [-0.39, 0.29) is 17.1 Å². The zero-order valence-corrected chi connectivity index (χ0v) is 23.4. The first-order valence-corrected chi connectivity index (χ1v) is 14.9. The molecule has 11 heteroatoms. The van der Waals surface area contributed by atoms with E-state index >= 15 is 0 Å². The Morgan fingerprint density at radius 2 is 1.87 bits per heavy atom. The fraction of sp³-hybridized carbons (Fsp3) is 0.556. The highest BCUT2D eigenvalue weighted by atomic mass is 32.2. The first-order chi connectivity index (χ1) is 18.3. The molecule has 2 aromatic heterocycles. The Morgan fingerprint density at radius 3 is 2.55 bits per heavy atom. The van der Waals surface area contributed by atoms with Crippen LogP contribution >= 0.6 is 0 Å². The van der Waals surface area contributed by atoms with Crippen molar-refractivity contribution in [3.05, 3.63) is 40.3 Å². The minimum absolute atomic E-state index is 0.148. The zero-order chi connectivity index (χ0) is 27.3. The number of aromatic nitrogens is 3. The van der Waals surface area contributed by atoms with Gasteiger partial charge in [0.15, 0.2) is 0 Å². The average Bonchev–Trinajstić information content (AvgIpc) is 3.23. The van der Waals surface area contributed by atoms with Crippen LogP contribution in [0.4, 0.5) is 0 Å². The van der Waals surface area contributed by atoms with E-state index in [2.05, 4.69) is 16.8 Å². The Morgan fingerprint density at radius 1 is 1.11 bits per heavy atom. The number of aryl methyl sites for hydroxylation is 2. The van der Waals surface area contributed by atoms with Crippen molar-refractivity contribution in [2.24, 2.45) is 7.05 Å². The van der Waals surface area contributed by atoms with Gasteiger partial charge < -0.3 is 24.3 Å². The molecule has 0 spiro atoms. The smallest absolute Gasteiger partial charge is 0.275 e. The number of ether oxygens (including phenoxy) is 1. The third-order valence-electron chi connectivity index (χ3n) is 6.94. The van der Waals surface area contributed by atoms with Crippen LogP contribution in [0, 0.1) is 0 Å². The average molecular weight is 546 g/mol. The number of fused-ring (bicyclic) bond motifs is 1. The van der Waals surface area contributed by atoms with Crippen LogP contribution < -0.4 is 10.3 Å². The number of aliphatic hydroxyl groups excluding tert-OH is 1. The molecule has 2 N–H and O–H groups in total.